The molecule has 0 spiro atoms. The lowest BCUT2D eigenvalue weighted by Gasteiger charge is -2.29. The first-order valence-electron chi connectivity index (χ1n) is 11.9. The molecule has 2 amide bonds. The second-order valence-electron chi connectivity index (χ2n) is 9.20. The van der Waals surface area contributed by atoms with Gasteiger partial charge in [-0.3, -0.25) is 9.59 Å². The quantitative estimate of drug-likeness (QED) is 0.500. The van der Waals surface area contributed by atoms with E-state index in [-0.39, 0.29) is 35.6 Å². The maximum Gasteiger partial charge on any atom is 0.232 e. The van der Waals surface area contributed by atoms with E-state index in [1.807, 2.05) is 24.0 Å². The highest BCUT2D eigenvalue weighted by Gasteiger charge is 2.47. The maximum absolute atomic E-state index is 12.2. The number of nitrogens with one attached hydrogen (secondary N) is 2. The van der Waals surface area contributed by atoms with Crippen molar-refractivity contribution in [2.24, 2.45) is 23.5 Å². The van der Waals surface area contributed by atoms with Gasteiger partial charge in [-0.25, -0.2) is 4.98 Å². The number of methoxy groups -OCH3 is 1. The molecule has 0 radical (unpaired) electrons. The van der Waals surface area contributed by atoms with Crippen LogP contribution in [-0.4, -0.2) is 41.5 Å². The van der Waals surface area contributed by atoms with Crippen LogP contribution in [-0.2, 0) is 16.0 Å². The molecule has 1 aliphatic heterocycles. The van der Waals surface area contributed by atoms with Gasteiger partial charge in [0, 0.05) is 30.3 Å². The Hall–Kier alpha value is -3.33. The normalized spacial score (nSPS) is 24.5. The number of primary amides is 1. The minimum Gasteiger partial charge on any atom is -0.494 e. The van der Waals surface area contributed by atoms with E-state index < -0.39 is 0 Å². The number of amides is 2. The van der Waals surface area contributed by atoms with Crippen LogP contribution in [0.15, 0.2) is 30.5 Å². The molecule has 1 fully saturated rings. The number of allylic oxidation sites excluding steroid dienone is 1. The number of anilines is 4. The monoisotopic (exact) mass is 496 g/mol. The lowest BCUT2D eigenvalue weighted by molar-refractivity contribution is -0.122. The number of nitrogens with two attached hydrogens (primary N) is 1. The summed E-state index contributed by atoms with van der Waals surface area (Å²) in [4.78, 5) is 35.4. The van der Waals surface area contributed by atoms with Crippen LogP contribution in [0.3, 0.4) is 0 Å². The first kappa shape index (κ1) is 23.4. The van der Waals surface area contributed by atoms with Crippen molar-refractivity contribution in [2.75, 3.05) is 29.2 Å². The van der Waals surface area contributed by atoms with Crippen LogP contribution < -0.4 is 26.0 Å². The van der Waals surface area contributed by atoms with Crippen LogP contribution in [0, 0.1) is 17.8 Å². The Balaban J connectivity index is 1.49. The first-order chi connectivity index (χ1) is 16.9. The van der Waals surface area contributed by atoms with Gasteiger partial charge in [0.15, 0.2) is 5.82 Å². The van der Waals surface area contributed by atoms with E-state index in [2.05, 4.69) is 27.8 Å². The van der Waals surface area contributed by atoms with Crippen molar-refractivity contribution >= 4 is 46.6 Å². The zero-order valence-corrected chi connectivity index (χ0v) is 20.5. The molecule has 1 saturated carbocycles. The highest BCUT2D eigenvalue weighted by Crippen LogP contribution is 2.46. The fourth-order valence-corrected chi connectivity index (χ4v) is 5.78. The van der Waals surface area contributed by atoms with Crippen LogP contribution in [0.1, 0.15) is 31.7 Å². The fourth-order valence-electron chi connectivity index (χ4n) is 5.63. The Labute approximate surface area is 209 Å². The Kier molecular flexibility index (Phi) is 6.27. The van der Waals surface area contributed by atoms with Crippen LogP contribution in [0.2, 0.25) is 5.02 Å². The summed E-state index contributed by atoms with van der Waals surface area (Å²) in [5, 5.41) is 6.73. The smallest absolute Gasteiger partial charge is 0.232 e. The number of benzene rings is 1. The molecule has 0 saturated heterocycles. The topological polar surface area (TPSA) is 122 Å². The fraction of sp³-hybridized carbons (Fsp3) is 0.440. The second kappa shape index (κ2) is 9.37. The highest BCUT2D eigenvalue weighted by atomic mass is 35.5. The molecule has 2 aliphatic carbocycles. The molecule has 3 aliphatic rings. The molecule has 184 valence electrons. The maximum atomic E-state index is 12.2. The number of hydrogen-bond acceptors (Lipinski definition) is 7. The van der Waals surface area contributed by atoms with E-state index >= 15 is 0 Å². The molecule has 9 nitrogen and oxygen atoms in total. The number of fused-ring (bicyclic) bond motifs is 3. The van der Waals surface area contributed by atoms with Gasteiger partial charge in [-0.2, -0.15) is 4.98 Å². The third-order valence-corrected chi connectivity index (χ3v) is 7.50. The molecule has 1 aromatic carbocycles. The molecule has 4 N–H and O–H groups in total. The van der Waals surface area contributed by atoms with Crippen molar-refractivity contribution in [2.45, 2.75) is 38.6 Å². The molecule has 2 aromatic rings. The van der Waals surface area contributed by atoms with Crippen molar-refractivity contribution in [3.8, 4) is 5.75 Å². The van der Waals surface area contributed by atoms with E-state index in [1.165, 1.54) is 0 Å². The van der Waals surface area contributed by atoms with Gasteiger partial charge in [0.2, 0.25) is 17.8 Å². The lowest BCUT2D eigenvalue weighted by Crippen LogP contribution is -2.41. The summed E-state index contributed by atoms with van der Waals surface area (Å²) < 4.78 is 5.83. The third kappa shape index (κ3) is 4.18. The number of carbonyl (C=O) groups excluding carboxylic acids is 2. The number of rotatable bonds is 7. The van der Waals surface area contributed by atoms with Crippen molar-refractivity contribution in [3.63, 3.8) is 0 Å². The average molecular weight is 497 g/mol. The van der Waals surface area contributed by atoms with Crippen LogP contribution in [0.4, 0.5) is 23.1 Å². The minimum atomic E-state index is -0.318. The molecular formula is C25H29ClN6O3. The van der Waals surface area contributed by atoms with Gasteiger partial charge in [0.25, 0.3) is 0 Å². The van der Waals surface area contributed by atoms with Gasteiger partial charge < -0.3 is 26.0 Å². The summed E-state index contributed by atoms with van der Waals surface area (Å²) in [7, 11) is 1.63. The standard InChI is InChI=1S/C25H29ClN6O3/c1-3-32(18-10-9-17-15(22(18)35-2)5-4-6-19(33)29-17)25-28-12-16(26)24(31-25)30-21-14-8-7-13(11-14)20(21)23(27)34/h7-10,12-14,20-21H,3-6,11H2,1-2H3,(H2,27,34)(H,29,33)(H,28,30,31). The number of carbonyl (C=O) groups is 2. The zero-order chi connectivity index (χ0) is 24.7. The highest BCUT2D eigenvalue weighted by molar-refractivity contribution is 6.32. The van der Waals surface area contributed by atoms with E-state index in [0.717, 1.165) is 36.2 Å². The van der Waals surface area contributed by atoms with Crippen LogP contribution in [0.5, 0.6) is 5.75 Å². The van der Waals surface area contributed by atoms with E-state index in [0.29, 0.717) is 35.5 Å². The molecule has 10 heteroatoms. The van der Waals surface area contributed by atoms with Crippen LogP contribution >= 0.6 is 11.6 Å². The van der Waals surface area contributed by atoms with Crippen molar-refractivity contribution in [3.05, 3.63) is 41.1 Å². The van der Waals surface area contributed by atoms with Gasteiger partial charge in [0.1, 0.15) is 10.8 Å². The number of ether oxygens (including phenoxy) is 1. The predicted molar refractivity (Wildman–Crippen MR) is 135 cm³/mol. The van der Waals surface area contributed by atoms with Gasteiger partial charge in [-0.05, 0) is 50.2 Å². The SMILES string of the molecule is CCN(c1ncc(Cl)c(NC2C3C=CC(C3)C2C(N)=O)n1)c1ccc2c(c1OC)CCCC(=O)N2. The zero-order valence-electron chi connectivity index (χ0n) is 19.8. The summed E-state index contributed by atoms with van der Waals surface area (Å²) in [6.07, 6.45) is 8.62. The molecule has 2 heterocycles. The molecule has 2 bridgehead atoms. The van der Waals surface area contributed by atoms with E-state index in [9.17, 15) is 9.59 Å². The largest absolute Gasteiger partial charge is 0.494 e. The molecular weight excluding hydrogens is 468 g/mol. The van der Waals surface area contributed by atoms with Crippen molar-refractivity contribution in [1.82, 2.24) is 9.97 Å². The first-order valence-corrected chi connectivity index (χ1v) is 12.3. The number of halogens is 1. The van der Waals surface area contributed by atoms with E-state index in [4.69, 9.17) is 27.1 Å². The summed E-state index contributed by atoms with van der Waals surface area (Å²) in [6.45, 7) is 2.57. The Morgan fingerprint density at radius 3 is 2.86 bits per heavy atom. The number of nitrogens with zero attached hydrogens (tertiary/aromatic N) is 3. The number of hydrogen-bond donors (Lipinski definition) is 3. The summed E-state index contributed by atoms with van der Waals surface area (Å²) in [5.74, 6) is 1.33. The lowest BCUT2D eigenvalue weighted by atomic mass is 9.88. The summed E-state index contributed by atoms with van der Waals surface area (Å²) in [6, 6.07) is 3.64. The Bertz CT molecular complexity index is 1200. The molecule has 1 aromatic heterocycles. The summed E-state index contributed by atoms with van der Waals surface area (Å²) in [5.41, 5.74) is 8.25. The number of aromatic nitrogens is 2. The van der Waals surface area contributed by atoms with Crippen LogP contribution in [0.25, 0.3) is 0 Å². The predicted octanol–water partition coefficient (Wildman–Crippen LogP) is 3.66. The average Bonchev–Trinajstić information content (AvgIpc) is 3.38. The van der Waals surface area contributed by atoms with Crippen molar-refractivity contribution < 1.29 is 14.3 Å². The Morgan fingerprint density at radius 2 is 2.11 bits per heavy atom. The third-order valence-electron chi connectivity index (χ3n) is 7.22. The Morgan fingerprint density at radius 1 is 1.31 bits per heavy atom. The minimum absolute atomic E-state index is 0.00683. The van der Waals surface area contributed by atoms with Gasteiger partial charge in [-0.15, -0.1) is 0 Å². The van der Waals surface area contributed by atoms with Gasteiger partial charge >= 0.3 is 0 Å². The molecule has 4 atom stereocenters. The molecule has 5 rings (SSSR count). The van der Waals surface area contributed by atoms with Gasteiger partial charge in [-0.1, -0.05) is 23.8 Å². The van der Waals surface area contributed by atoms with E-state index in [1.54, 1.807) is 13.3 Å². The van der Waals surface area contributed by atoms with Crippen molar-refractivity contribution in [1.29, 1.82) is 0 Å². The van der Waals surface area contributed by atoms with Gasteiger partial charge in [0.05, 0.1) is 24.9 Å². The summed E-state index contributed by atoms with van der Waals surface area (Å²) >= 11 is 6.48. The second-order valence-corrected chi connectivity index (χ2v) is 9.61. The molecule has 4 unspecified atom stereocenters. The molecule has 35 heavy (non-hydrogen) atoms.